The number of hydrogen-bond donors (Lipinski definition) is 2. The molecule has 0 radical (unpaired) electrons. The predicted molar refractivity (Wildman–Crippen MR) is 127 cm³/mol. The van der Waals surface area contributed by atoms with Gasteiger partial charge in [0.05, 0.1) is 20.8 Å². The fourth-order valence-electron chi connectivity index (χ4n) is 2.77. The molecule has 0 saturated heterocycles. The van der Waals surface area contributed by atoms with E-state index >= 15 is 0 Å². The summed E-state index contributed by atoms with van der Waals surface area (Å²) in [6, 6.07) is 15.4. The van der Waals surface area contributed by atoms with Crippen LogP contribution in [0.2, 0.25) is 0 Å². The lowest BCUT2D eigenvalue weighted by atomic mass is 10.1. The van der Waals surface area contributed by atoms with Crippen molar-refractivity contribution in [3.63, 3.8) is 0 Å². The molecule has 0 fully saturated rings. The highest BCUT2D eigenvalue weighted by atomic mass is 16.5. The minimum Gasteiger partial charge on any atom is -0.497 e. The molecule has 1 amide bonds. The van der Waals surface area contributed by atoms with Crippen molar-refractivity contribution < 1.29 is 19.0 Å². The van der Waals surface area contributed by atoms with E-state index in [9.17, 15) is 4.79 Å². The van der Waals surface area contributed by atoms with Gasteiger partial charge in [0.1, 0.15) is 29.9 Å². The number of guanidine groups is 1. The lowest BCUT2D eigenvalue weighted by molar-refractivity contribution is -0.127. The van der Waals surface area contributed by atoms with Gasteiger partial charge in [-0.25, -0.2) is 4.99 Å². The summed E-state index contributed by atoms with van der Waals surface area (Å²) in [5.41, 5.74) is 1.18. The summed E-state index contributed by atoms with van der Waals surface area (Å²) in [4.78, 5) is 17.9. The zero-order chi connectivity index (χ0) is 23.3. The van der Waals surface area contributed by atoms with Gasteiger partial charge in [0.15, 0.2) is 5.96 Å². The molecular weight excluding hydrogens is 408 g/mol. The quantitative estimate of drug-likeness (QED) is 0.411. The smallest absolute Gasteiger partial charge is 0.243 e. The van der Waals surface area contributed by atoms with Crippen molar-refractivity contribution in [3.05, 3.63) is 54.1 Å². The van der Waals surface area contributed by atoms with Crippen molar-refractivity contribution in [2.45, 2.75) is 19.4 Å². The Morgan fingerprint density at radius 1 is 1.00 bits per heavy atom. The van der Waals surface area contributed by atoms with E-state index in [0.717, 1.165) is 23.7 Å². The molecule has 2 aromatic rings. The molecule has 0 aliphatic carbocycles. The van der Waals surface area contributed by atoms with Gasteiger partial charge in [-0.15, -0.1) is 0 Å². The average Bonchev–Trinajstić information content (AvgIpc) is 2.80. The average molecular weight is 443 g/mol. The number of methoxy groups -OCH3 is 2. The number of carbonyl (C=O) groups is 1. The third-order valence-electron chi connectivity index (χ3n) is 4.67. The molecule has 0 aliphatic rings. The van der Waals surface area contributed by atoms with Crippen LogP contribution in [0.15, 0.2) is 53.5 Å². The number of ether oxygens (including phenoxy) is 3. The topological polar surface area (TPSA) is 84.4 Å². The molecule has 0 spiro atoms. The zero-order valence-electron chi connectivity index (χ0n) is 19.6. The van der Waals surface area contributed by atoms with E-state index < -0.39 is 0 Å². The Labute approximate surface area is 190 Å². The minimum absolute atomic E-state index is 0.0655. The van der Waals surface area contributed by atoms with Gasteiger partial charge < -0.3 is 29.7 Å². The van der Waals surface area contributed by atoms with E-state index in [4.69, 9.17) is 14.2 Å². The molecule has 8 heteroatoms. The number of hydrogen-bond acceptors (Lipinski definition) is 5. The molecular formula is C24H34N4O4. The second-order valence-electron chi connectivity index (χ2n) is 7.47. The van der Waals surface area contributed by atoms with Crippen LogP contribution < -0.4 is 24.8 Å². The maximum Gasteiger partial charge on any atom is 0.243 e. The standard InChI is InChI=1S/C24H34N4O4/c1-18(32-22-8-6-7-21(15-22)31-5)16-26-24(27-17-23(29)28(2)3)25-14-13-19-9-11-20(30-4)12-10-19/h6-12,15,18H,13-14,16-17H2,1-5H3,(H2,25,26,27). The number of likely N-dealkylation sites (N-methyl/N-ethyl adjacent to an activating group) is 1. The molecule has 8 nitrogen and oxygen atoms in total. The van der Waals surface area contributed by atoms with Gasteiger partial charge >= 0.3 is 0 Å². The molecule has 0 aliphatic heterocycles. The summed E-state index contributed by atoms with van der Waals surface area (Å²) in [5, 5.41) is 6.55. The normalized spacial score (nSPS) is 12.0. The molecule has 0 bridgehead atoms. The van der Waals surface area contributed by atoms with E-state index in [-0.39, 0.29) is 18.6 Å². The van der Waals surface area contributed by atoms with Crippen LogP contribution in [-0.4, -0.2) is 70.8 Å². The van der Waals surface area contributed by atoms with Crippen LogP contribution in [0, 0.1) is 0 Å². The highest BCUT2D eigenvalue weighted by Gasteiger charge is 2.09. The summed E-state index contributed by atoms with van der Waals surface area (Å²) in [5.74, 6) is 2.80. The maximum absolute atomic E-state index is 12.0. The van der Waals surface area contributed by atoms with E-state index in [1.54, 1.807) is 28.3 Å². The molecule has 2 aromatic carbocycles. The largest absolute Gasteiger partial charge is 0.497 e. The van der Waals surface area contributed by atoms with Crippen molar-refractivity contribution in [1.82, 2.24) is 15.5 Å². The van der Waals surface area contributed by atoms with Crippen LogP contribution in [0.25, 0.3) is 0 Å². The predicted octanol–water partition coefficient (Wildman–Crippen LogP) is 2.34. The number of nitrogens with zero attached hydrogens (tertiary/aromatic N) is 2. The summed E-state index contributed by atoms with van der Waals surface area (Å²) in [6.07, 6.45) is 0.683. The van der Waals surface area contributed by atoms with Crippen molar-refractivity contribution in [3.8, 4) is 17.2 Å². The monoisotopic (exact) mass is 442 g/mol. The Kier molecular flexibility index (Phi) is 10.2. The molecule has 1 unspecified atom stereocenters. The molecule has 0 heterocycles. The summed E-state index contributed by atoms with van der Waals surface area (Å²) < 4.78 is 16.4. The number of carbonyl (C=O) groups excluding carboxylic acids is 1. The van der Waals surface area contributed by atoms with Crippen molar-refractivity contribution in [2.24, 2.45) is 4.99 Å². The van der Waals surface area contributed by atoms with Gasteiger partial charge in [-0.1, -0.05) is 18.2 Å². The van der Waals surface area contributed by atoms with Crippen LogP contribution in [-0.2, 0) is 11.2 Å². The summed E-state index contributed by atoms with van der Waals surface area (Å²) >= 11 is 0. The molecule has 2 N–H and O–H groups in total. The van der Waals surface area contributed by atoms with E-state index in [1.807, 2.05) is 55.5 Å². The minimum atomic E-state index is -0.125. The van der Waals surface area contributed by atoms with Gasteiger partial charge in [0.25, 0.3) is 0 Å². The third kappa shape index (κ3) is 8.75. The number of aliphatic imine (C=N–C) groups is 1. The van der Waals surface area contributed by atoms with E-state index in [0.29, 0.717) is 19.0 Å². The Bertz CT molecular complexity index is 869. The van der Waals surface area contributed by atoms with Gasteiger partial charge in [-0.2, -0.15) is 0 Å². The highest BCUT2D eigenvalue weighted by Crippen LogP contribution is 2.19. The molecule has 2 rings (SSSR count). The Morgan fingerprint density at radius 2 is 1.69 bits per heavy atom. The number of benzene rings is 2. The lowest BCUT2D eigenvalue weighted by Gasteiger charge is -2.18. The molecule has 174 valence electrons. The number of nitrogens with one attached hydrogen (secondary N) is 2. The van der Waals surface area contributed by atoms with E-state index in [1.165, 1.54) is 10.5 Å². The maximum atomic E-state index is 12.0. The van der Waals surface area contributed by atoms with Crippen LogP contribution in [0.1, 0.15) is 12.5 Å². The van der Waals surface area contributed by atoms with Crippen LogP contribution >= 0.6 is 0 Å². The van der Waals surface area contributed by atoms with Gasteiger partial charge in [0.2, 0.25) is 5.91 Å². The highest BCUT2D eigenvalue weighted by molar-refractivity contribution is 5.84. The van der Waals surface area contributed by atoms with Crippen molar-refractivity contribution in [1.29, 1.82) is 0 Å². The van der Waals surface area contributed by atoms with Crippen LogP contribution in [0.3, 0.4) is 0 Å². The van der Waals surface area contributed by atoms with Crippen molar-refractivity contribution in [2.75, 3.05) is 47.9 Å². The number of amides is 1. The molecule has 0 saturated carbocycles. The first kappa shape index (κ1) is 24.8. The molecule has 32 heavy (non-hydrogen) atoms. The van der Waals surface area contributed by atoms with Crippen LogP contribution in [0.4, 0.5) is 0 Å². The van der Waals surface area contributed by atoms with Crippen molar-refractivity contribution >= 4 is 11.9 Å². The Hall–Kier alpha value is -3.42. The first-order chi connectivity index (χ1) is 15.4. The van der Waals surface area contributed by atoms with E-state index in [2.05, 4.69) is 15.6 Å². The SMILES string of the molecule is COc1ccc(CCNC(=NCC(=O)N(C)C)NCC(C)Oc2cccc(OC)c2)cc1. The first-order valence-electron chi connectivity index (χ1n) is 10.6. The second kappa shape index (κ2) is 13.1. The fraction of sp³-hybridized carbons (Fsp3) is 0.417. The van der Waals surface area contributed by atoms with Gasteiger partial charge in [-0.05, 0) is 43.2 Å². The van der Waals surface area contributed by atoms with Gasteiger partial charge in [-0.3, -0.25) is 4.79 Å². The fourth-order valence-corrected chi connectivity index (χ4v) is 2.77. The lowest BCUT2D eigenvalue weighted by Crippen LogP contribution is -2.43. The second-order valence-corrected chi connectivity index (χ2v) is 7.47. The first-order valence-corrected chi connectivity index (χ1v) is 10.6. The Balaban J connectivity index is 1.91. The summed E-state index contributed by atoms with van der Waals surface area (Å²) in [6.45, 7) is 3.21. The van der Waals surface area contributed by atoms with Gasteiger partial charge in [0, 0.05) is 26.7 Å². The Morgan fingerprint density at radius 3 is 2.34 bits per heavy atom. The number of rotatable bonds is 11. The molecule has 1 atom stereocenters. The third-order valence-corrected chi connectivity index (χ3v) is 4.67. The van der Waals surface area contributed by atoms with Crippen LogP contribution in [0.5, 0.6) is 17.2 Å². The summed E-state index contributed by atoms with van der Waals surface area (Å²) in [7, 11) is 6.71. The zero-order valence-corrected chi connectivity index (χ0v) is 19.6. The molecule has 0 aromatic heterocycles.